The fraction of sp³-hybridized carbons (Fsp3) is 0.273. The lowest BCUT2D eigenvalue weighted by Gasteiger charge is -2.05. The number of hydrogen-bond donors (Lipinski definition) is 0. The van der Waals surface area contributed by atoms with Crippen molar-refractivity contribution in [2.45, 2.75) is 39.7 Å². The van der Waals surface area contributed by atoms with Crippen LogP contribution >= 0.6 is 11.3 Å². The maximum absolute atomic E-state index is 12.5. The Labute approximate surface area is 158 Å². The Hall–Kier alpha value is -2.46. The predicted molar refractivity (Wildman–Crippen MR) is 110 cm³/mol. The van der Waals surface area contributed by atoms with Gasteiger partial charge in [0.05, 0.1) is 16.6 Å². The summed E-state index contributed by atoms with van der Waals surface area (Å²) in [6.07, 6.45) is 2.16. The largest absolute Gasteiger partial charge is 0.313 e. The maximum Gasteiger partial charge on any atom is 0.252 e. The van der Waals surface area contributed by atoms with Gasteiger partial charge < -0.3 is 4.57 Å². The molecule has 2 aromatic carbocycles. The minimum atomic E-state index is -0.123. The second-order valence-electron chi connectivity index (χ2n) is 6.83. The first kappa shape index (κ1) is 18.3. The number of fused-ring (bicyclic) bond motifs is 1. The number of carbonyl (C=O) groups excluding carboxylic acids is 1. The number of thiazole rings is 1. The van der Waals surface area contributed by atoms with Crippen LogP contribution in [0.25, 0.3) is 10.2 Å². The SMILES string of the molecule is C=CCn1c(=NC(=O)Cc2ccc(C)cc2)sc2cc(C(C)C)ccc21. The van der Waals surface area contributed by atoms with Crippen molar-refractivity contribution in [1.82, 2.24) is 4.57 Å². The van der Waals surface area contributed by atoms with Crippen LogP contribution in [0.5, 0.6) is 0 Å². The molecule has 0 atom stereocenters. The lowest BCUT2D eigenvalue weighted by Crippen LogP contribution is -2.16. The van der Waals surface area contributed by atoms with Crippen molar-refractivity contribution in [2.75, 3.05) is 0 Å². The molecule has 0 aliphatic carbocycles. The Morgan fingerprint density at radius 1 is 1.23 bits per heavy atom. The number of nitrogens with zero attached hydrogens (tertiary/aromatic N) is 2. The summed E-state index contributed by atoms with van der Waals surface area (Å²) in [6.45, 7) is 10.9. The van der Waals surface area contributed by atoms with E-state index in [1.807, 2.05) is 37.3 Å². The summed E-state index contributed by atoms with van der Waals surface area (Å²) in [5.41, 5.74) is 4.57. The van der Waals surface area contributed by atoms with Gasteiger partial charge in [-0.15, -0.1) is 6.58 Å². The third kappa shape index (κ3) is 4.02. The van der Waals surface area contributed by atoms with Crippen LogP contribution in [0.2, 0.25) is 0 Å². The number of amides is 1. The van der Waals surface area contributed by atoms with Crippen LogP contribution < -0.4 is 4.80 Å². The quantitative estimate of drug-likeness (QED) is 0.587. The van der Waals surface area contributed by atoms with Gasteiger partial charge in [0.25, 0.3) is 5.91 Å². The number of aromatic nitrogens is 1. The number of aryl methyl sites for hydroxylation is 1. The zero-order valence-electron chi connectivity index (χ0n) is 15.5. The molecular formula is C22H24N2OS. The van der Waals surface area contributed by atoms with Gasteiger partial charge in [0.1, 0.15) is 0 Å². The minimum absolute atomic E-state index is 0.123. The Morgan fingerprint density at radius 2 is 1.96 bits per heavy atom. The van der Waals surface area contributed by atoms with E-state index in [0.29, 0.717) is 18.9 Å². The molecule has 0 N–H and O–H groups in total. The van der Waals surface area contributed by atoms with Crippen LogP contribution in [0.4, 0.5) is 0 Å². The first-order valence-corrected chi connectivity index (χ1v) is 9.67. The molecule has 0 saturated heterocycles. The molecule has 0 spiro atoms. The van der Waals surface area contributed by atoms with Crippen LogP contribution in [-0.2, 0) is 17.8 Å². The Balaban J connectivity index is 1.99. The van der Waals surface area contributed by atoms with Crippen LogP contribution in [0.15, 0.2) is 60.1 Å². The molecule has 0 radical (unpaired) electrons. The highest BCUT2D eigenvalue weighted by Crippen LogP contribution is 2.23. The smallest absolute Gasteiger partial charge is 0.252 e. The fourth-order valence-corrected chi connectivity index (χ4v) is 3.97. The van der Waals surface area contributed by atoms with Gasteiger partial charge >= 0.3 is 0 Å². The van der Waals surface area contributed by atoms with E-state index in [9.17, 15) is 4.79 Å². The van der Waals surface area contributed by atoms with Crippen molar-refractivity contribution in [3.63, 3.8) is 0 Å². The molecule has 1 heterocycles. The molecule has 3 nitrogen and oxygen atoms in total. The van der Waals surface area contributed by atoms with Crippen molar-refractivity contribution in [3.05, 3.63) is 76.6 Å². The van der Waals surface area contributed by atoms with E-state index in [1.165, 1.54) is 11.1 Å². The molecule has 1 aromatic heterocycles. The monoisotopic (exact) mass is 364 g/mol. The third-order valence-electron chi connectivity index (χ3n) is 4.38. The van der Waals surface area contributed by atoms with Crippen LogP contribution in [-0.4, -0.2) is 10.5 Å². The number of benzene rings is 2. The van der Waals surface area contributed by atoms with Gasteiger partial charge in [-0.2, -0.15) is 4.99 Å². The summed E-state index contributed by atoms with van der Waals surface area (Å²) in [4.78, 5) is 17.6. The zero-order chi connectivity index (χ0) is 18.7. The highest BCUT2D eigenvalue weighted by atomic mass is 32.1. The number of carbonyl (C=O) groups is 1. The molecule has 0 aliphatic rings. The van der Waals surface area contributed by atoms with Crippen LogP contribution in [0.1, 0.15) is 36.5 Å². The zero-order valence-corrected chi connectivity index (χ0v) is 16.3. The molecular weight excluding hydrogens is 340 g/mol. The summed E-state index contributed by atoms with van der Waals surface area (Å²) in [6, 6.07) is 14.5. The predicted octanol–water partition coefficient (Wildman–Crippen LogP) is 4.99. The van der Waals surface area contributed by atoms with Crippen molar-refractivity contribution in [3.8, 4) is 0 Å². The Kier molecular flexibility index (Phi) is 5.52. The summed E-state index contributed by atoms with van der Waals surface area (Å²) >= 11 is 1.56. The standard InChI is InChI=1S/C22H24N2OS/c1-5-12-24-19-11-10-18(15(2)3)14-20(19)26-22(24)23-21(25)13-17-8-6-16(4)7-9-17/h5-11,14-15H,1,12-13H2,2-4H3. The first-order valence-electron chi connectivity index (χ1n) is 8.85. The lowest BCUT2D eigenvalue weighted by molar-refractivity contribution is -0.117. The van der Waals surface area contributed by atoms with E-state index < -0.39 is 0 Å². The highest BCUT2D eigenvalue weighted by molar-refractivity contribution is 7.16. The molecule has 134 valence electrons. The van der Waals surface area contributed by atoms with Gasteiger partial charge in [0.2, 0.25) is 0 Å². The summed E-state index contributed by atoms with van der Waals surface area (Å²) in [5.74, 6) is 0.347. The summed E-state index contributed by atoms with van der Waals surface area (Å²) in [5, 5.41) is 0. The van der Waals surface area contributed by atoms with Crippen LogP contribution in [0, 0.1) is 6.92 Å². The van der Waals surface area contributed by atoms with Gasteiger partial charge in [-0.1, -0.05) is 67.2 Å². The lowest BCUT2D eigenvalue weighted by atomic mass is 10.0. The van der Waals surface area contributed by atoms with Gasteiger partial charge in [-0.3, -0.25) is 4.79 Å². The van der Waals surface area contributed by atoms with E-state index in [4.69, 9.17) is 0 Å². The first-order chi connectivity index (χ1) is 12.5. The van der Waals surface area contributed by atoms with E-state index in [1.54, 1.807) is 11.3 Å². The number of allylic oxidation sites excluding steroid dienone is 1. The van der Waals surface area contributed by atoms with Gasteiger partial charge in [0.15, 0.2) is 4.80 Å². The minimum Gasteiger partial charge on any atom is -0.313 e. The summed E-state index contributed by atoms with van der Waals surface area (Å²) in [7, 11) is 0. The van der Waals surface area contributed by atoms with Crippen molar-refractivity contribution < 1.29 is 4.79 Å². The molecule has 0 bridgehead atoms. The van der Waals surface area contributed by atoms with Gasteiger partial charge in [-0.25, -0.2) is 0 Å². The second-order valence-corrected chi connectivity index (χ2v) is 7.84. The fourth-order valence-electron chi connectivity index (χ4n) is 2.87. The molecule has 0 aliphatic heterocycles. The maximum atomic E-state index is 12.5. The van der Waals surface area contributed by atoms with Crippen molar-refractivity contribution >= 4 is 27.5 Å². The summed E-state index contributed by atoms with van der Waals surface area (Å²) < 4.78 is 3.21. The average Bonchev–Trinajstić information content (AvgIpc) is 2.93. The van der Waals surface area contributed by atoms with Gasteiger partial charge in [-0.05, 0) is 36.1 Å². The normalized spacial score (nSPS) is 12.1. The van der Waals surface area contributed by atoms with E-state index in [0.717, 1.165) is 20.6 Å². The Morgan fingerprint density at radius 3 is 2.62 bits per heavy atom. The molecule has 3 aromatic rings. The molecule has 0 fully saturated rings. The molecule has 1 amide bonds. The molecule has 0 saturated carbocycles. The number of hydrogen-bond acceptors (Lipinski definition) is 2. The highest BCUT2D eigenvalue weighted by Gasteiger charge is 2.09. The van der Waals surface area contributed by atoms with E-state index >= 15 is 0 Å². The molecule has 26 heavy (non-hydrogen) atoms. The second kappa shape index (κ2) is 7.83. The molecule has 3 rings (SSSR count). The number of rotatable bonds is 5. The van der Waals surface area contributed by atoms with E-state index in [-0.39, 0.29) is 5.91 Å². The third-order valence-corrected chi connectivity index (χ3v) is 5.42. The van der Waals surface area contributed by atoms with Crippen LogP contribution in [0.3, 0.4) is 0 Å². The van der Waals surface area contributed by atoms with E-state index in [2.05, 4.69) is 48.2 Å². The average molecular weight is 365 g/mol. The van der Waals surface area contributed by atoms with Crippen molar-refractivity contribution in [1.29, 1.82) is 0 Å². The van der Waals surface area contributed by atoms with Crippen molar-refractivity contribution in [2.24, 2.45) is 4.99 Å². The topological polar surface area (TPSA) is 34.4 Å². The van der Waals surface area contributed by atoms with Gasteiger partial charge in [0, 0.05) is 6.54 Å². The molecule has 0 unspecified atom stereocenters. The Bertz CT molecular complexity index is 1010. The molecule has 4 heteroatoms.